The van der Waals surface area contributed by atoms with Crippen molar-refractivity contribution in [2.45, 2.75) is 19.4 Å². The number of anilines is 1. The minimum Gasteiger partial charge on any atom is -0.493 e. The van der Waals surface area contributed by atoms with Crippen molar-refractivity contribution in [2.75, 3.05) is 32.6 Å². The number of fused-ring (bicyclic) bond motifs is 1. The van der Waals surface area contributed by atoms with E-state index in [2.05, 4.69) is 16.3 Å². The lowest BCUT2D eigenvalue weighted by atomic mass is 9.91. The number of amides is 1. The first-order valence-electron chi connectivity index (χ1n) is 10.5. The van der Waals surface area contributed by atoms with Gasteiger partial charge in [-0.1, -0.05) is 12.1 Å². The molecule has 172 valence electrons. The molecule has 8 nitrogen and oxygen atoms in total. The van der Waals surface area contributed by atoms with Crippen LogP contribution in [0.25, 0.3) is 0 Å². The van der Waals surface area contributed by atoms with Gasteiger partial charge in [-0.3, -0.25) is 19.8 Å². The Balaban J connectivity index is 1.63. The van der Waals surface area contributed by atoms with E-state index in [9.17, 15) is 14.9 Å². The van der Waals surface area contributed by atoms with E-state index in [4.69, 9.17) is 9.47 Å². The zero-order valence-corrected chi connectivity index (χ0v) is 19.5. The molecule has 1 N–H and O–H groups in total. The molecule has 0 saturated carbocycles. The van der Waals surface area contributed by atoms with Crippen LogP contribution in [0.5, 0.6) is 11.5 Å². The third-order valence-corrected chi connectivity index (χ3v) is 6.68. The van der Waals surface area contributed by atoms with Gasteiger partial charge in [0.2, 0.25) is 5.91 Å². The Labute approximate surface area is 195 Å². The first-order chi connectivity index (χ1) is 15.9. The Morgan fingerprint density at radius 3 is 2.64 bits per heavy atom. The van der Waals surface area contributed by atoms with Crippen LogP contribution in [0, 0.1) is 17.0 Å². The van der Waals surface area contributed by atoms with Crippen LogP contribution in [0.3, 0.4) is 0 Å². The van der Waals surface area contributed by atoms with Gasteiger partial charge in [0.25, 0.3) is 5.69 Å². The van der Waals surface area contributed by atoms with E-state index in [0.29, 0.717) is 18.0 Å². The van der Waals surface area contributed by atoms with Crippen molar-refractivity contribution in [3.05, 3.63) is 79.5 Å². The van der Waals surface area contributed by atoms with Gasteiger partial charge < -0.3 is 14.8 Å². The second-order valence-electron chi connectivity index (χ2n) is 7.87. The molecular formula is C24H25N3O5S. The Bertz CT molecular complexity index is 1180. The van der Waals surface area contributed by atoms with E-state index in [1.54, 1.807) is 44.6 Å². The summed E-state index contributed by atoms with van der Waals surface area (Å²) in [5, 5.41) is 16.2. The number of rotatable bonds is 7. The quantitative estimate of drug-likeness (QED) is 0.404. The number of methoxy groups -OCH3 is 2. The fraction of sp³-hybridized carbons (Fsp3) is 0.292. The molecule has 0 aliphatic carbocycles. The Hall–Kier alpha value is -3.43. The molecule has 0 spiro atoms. The first-order valence-corrected chi connectivity index (χ1v) is 11.4. The highest BCUT2D eigenvalue weighted by atomic mass is 32.1. The van der Waals surface area contributed by atoms with Crippen LogP contribution in [0.2, 0.25) is 0 Å². The van der Waals surface area contributed by atoms with Gasteiger partial charge in [-0.15, -0.1) is 11.3 Å². The monoisotopic (exact) mass is 467 g/mol. The van der Waals surface area contributed by atoms with Crippen molar-refractivity contribution in [1.82, 2.24) is 4.90 Å². The fourth-order valence-corrected chi connectivity index (χ4v) is 5.10. The fourth-order valence-electron chi connectivity index (χ4n) is 4.22. The standard InChI is InChI=1S/C24H25N3O5S/c1-15-6-7-18(19(11-15)27(29)30)25-23(28)14-26-9-8-16-12-20(31-2)21(32-3)13-17(16)24(26)22-5-4-10-33-22/h4-7,10-13,24H,8-9,14H2,1-3H3,(H,25,28)/t24-/m1/s1. The van der Waals surface area contributed by atoms with E-state index < -0.39 is 4.92 Å². The molecule has 0 bridgehead atoms. The zero-order valence-electron chi connectivity index (χ0n) is 18.7. The largest absolute Gasteiger partial charge is 0.493 e. The molecule has 3 aromatic rings. The van der Waals surface area contributed by atoms with Crippen molar-refractivity contribution in [3.63, 3.8) is 0 Å². The number of benzene rings is 2. The number of aryl methyl sites for hydroxylation is 1. The van der Waals surface area contributed by atoms with Gasteiger partial charge >= 0.3 is 0 Å². The maximum atomic E-state index is 13.0. The van der Waals surface area contributed by atoms with Crippen LogP contribution in [0.15, 0.2) is 47.8 Å². The Kier molecular flexibility index (Phi) is 6.62. The van der Waals surface area contributed by atoms with Crippen molar-refractivity contribution in [3.8, 4) is 11.5 Å². The van der Waals surface area contributed by atoms with E-state index in [1.807, 2.05) is 23.6 Å². The highest BCUT2D eigenvalue weighted by Crippen LogP contribution is 2.42. The van der Waals surface area contributed by atoms with Gasteiger partial charge in [0.15, 0.2) is 11.5 Å². The number of thiophene rings is 1. The molecule has 1 atom stereocenters. The maximum absolute atomic E-state index is 13.0. The summed E-state index contributed by atoms with van der Waals surface area (Å²) in [6.45, 7) is 2.54. The lowest BCUT2D eigenvalue weighted by Crippen LogP contribution is -2.41. The number of carbonyl (C=O) groups excluding carboxylic acids is 1. The van der Waals surface area contributed by atoms with Crippen molar-refractivity contribution in [2.24, 2.45) is 0 Å². The predicted molar refractivity (Wildman–Crippen MR) is 127 cm³/mol. The summed E-state index contributed by atoms with van der Waals surface area (Å²) >= 11 is 1.62. The van der Waals surface area contributed by atoms with Gasteiger partial charge in [0, 0.05) is 17.5 Å². The third-order valence-electron chi connectivity index (χ3n) is 5.76. The second-order valence-corrected chi connectivity index (χ2v) is 8.85. The number of nitrogens with one attached hydrogen (secondary N) is 1. The summed E-state index contributed by atoms with van der Waals surface area (Å²) in [5.74, 6) is 1.02. The van der Waals surface area contributed by atoms with E-state index in [1.165, 1.54) is 6.07 Å². The van der Waals surface area contributed by atoms with Crippen molar-refractivity contribution in [1.29, 1.82) is 0 Å². The van der Waals surface area contributed by atoms with Crippen molar-refractivity contribution < 1.29 is 19.2 Å². The van der Waals surface area contributed by atoms with Crippen LogP contribution in [-0.4, -0.2) is 43.0 Å². The topological polar surface area (TPSA) is 93.9 Å². The third kappa shape index (κ3) is 4.69. The molecule has 33 heavy (non-hydrogen) atoms. The molecule has 0 fully saturated rings. The summed E-state index contributed by atoms with van der Waals surface area (Å²) in [4.78, 5) is 27.1. The molecule has 1 amide bonds. The zero-order chi connectivity index (χ0) is 23.5. The minimum absolute atomic E-state index is 0.0986. The van der Waals surface area contributed by atoms with E-state index >= 15 is 0 Å². The number of nitro benzene ring substituents is 1. The van der Waals surface area contributed by atoms with E-state index in [-0.39, 0.29) is 29.9 Å². The Morgan fingerprint density at radius 2 is 1.97 bits per heavy atom. The van der Waals surface area contributed by atoms with Crippen LogP contribution >= 0.6 is 11.3 Å². The summed E-state index contributed by atoms with van der Waals surface area (Å²) in [6, 6.07) is 12.7. The van der Waals surface area contributed by atoms with Gasteiger partial charge in [0.1, 0.15) is 5.69 Å². The van der Waals surface area contributed by atoms with Gasteiger partial charge in [0.05, 0.1) is 31.7 Å². The predicted octanol–water partition coefficient (Wildman–Crippen LogP) is 4.57. The summed E-state index contributed by atoms with van der Waals surface area (Å²) in [5.41, 5.74) is 3.06. The highest BCUT2D eigenvalue weighted by molar-refractivity contribution is 7.10. The minimum atomic E-state index is -0.478. The Morgan fingerprint density at radius 1 is 1.21 bits per heavy atom. The lowest BCUT2D eigenvalue weighted by Gasteiger charge is -2.37. The number of ether oxygens (including phenoxy) is 2. The molecular weight excluding hydrogens is 442 g/mol. The average Bonchev–Trinajstić information content (AvgIpc) is 3.33. The van der Waals surface area contributed by atoms with Crippen molar-refractivity contribution >= 4 is 28.6 Å². The molecule has 1 aromatic heterocycles. The van der Waals surface area contributed by atoms with Crippen LogP contribution in [0.1, 0.15) is 27.6 Å². The molecule has 0 radical (unpaired) electrons. The SMILES string of the molecule is COc1cc2c(cc1OC)[C@H](c1cccs1)N(CC(=O)Nc1ccc(C)cc1[N+](=O)[O-])CC2. The number of hydrogen-bond acceptors (Lipinski definition) is 7. The van der Waals surface area contributed by atoms with Gasteiger partial charge in [-0.25, -0.2) is 0 Å². The molecule has 0 saturated heterocycles. The first kappa shape index (κ1) is 22.8. The van der Waals surface area contributed by atoms with Gasteiger partial charge in [-0.05, 0) is 59.7 Å². The molecule has 1 aliphatic rings. The van der Waals surface area contributed by atoms with Crippen LogP contribution in [-0.2, 0) is 11.2 Å². The number of carbonyl (C=O) groups is 1. The highest BCUT2D eigenvalue weighted by Gasteiger charge is 2.32. The number of nitro groups is 1. The van der Waals surface area contributed by atoms with Crippen LogP contribution < -0.4 is 14.8 Å². The smallest absolute Gasteiger partial charge is 0.293 e. The van der Waals surface area contributed by atoms with Gasteiger partial charge in [-0.2, -0.15) is 0 Å². The summed E-state index contributed by atoms with van der Waals surface area (Å²) in [6.07, 6.45) is 0.746. The normalized spacial score (nSPS) is 15.5. The average molecular weight is 468 g/mol. The van der Waals surface area contributed by atoms with E-state index in [0.717, 1.165) is 28.0 Å². The molecule has 1 aliphatic heterocycles. The molecule has 2 aromatic carbocycles. The van der Waals surface area contributed by atoms with Crippen LogP contribution in [0.4, 0.5) is 11.4 Å². The maximum Gasteiger partial charge on any atom is 0.293 e. The second kappa shape index (κ2) is 9.60. The molecule has 9 heteroatoms. The molecule has 2 heterocycles. The number of hydrogen-bond donors (Lipinski definition) is 1. The molecule has 4 rings (SSSR count). The summed E-state index contributed by atoms with van der Waals surface area (Å²) in [7, 11) is 3.22. The molecule has 0 unspecified atom stereocenters. The lowest BCUT2D eigenvalue weighted by molar-refractivity contribution is -0.384. The number of nitrogens with zero attached hydrogens (tertiary/aromatic N) is 2. The summed E-state index contributed by atoms with van der Waals surface area (Å²) < 4.78 is 11.0.